The van der Waals surface area contributed by atoms with Gasteiger partial charge in [0, 0.05) is 24.5 Å². The second-order valence-corrected chi connectivity index (χ2v) is 5.63. The Bertz CT molecular complexity index is 838. The van der Waals surface area contributed by atoms with E-state index in [-0.39, 0.29) is 0 Å². The molecule has 0 aliphatic carbocycles. The van der Waals surface area contributed by atoms with E-state index in [9.17, 15) is 5.11 Å². The highest BCUT2D eigenvalue weighted by Gasteiger charge is 2.17. The topological polar surface area (TPSA) is 63.8 Å². The molecule has 1 unspecified atom stereocenters. The summed E-state index contributed by atoms with van der Waals surface area (Å²) in [7, 11) is 1.86. The summed E-state index contributed by atoms with van der Waals surface area (Å²) >= 11 is 0. The van der Waals surface area contributed by atoms with Crippen LogP contribution in [-0.4, -0.2) is 25.1 Å². The molecule has 2 heterocycles. The lowest BCUT2D eigenvalue weighted by atomic mass is 9.96. The van der Waals surface area contributed by atoms with Gasteiger partial charge < -0.3 is 5.11 Å². The number of hydrogen-bond acceptors (Lipinski definition) is 4. The Kier molecular flexibility index (Phi) is 3.66. The van der Waals surface area contributed by atoms with Gasteiger partial charge in [0.05, 0.1) is 5.52 Å². The van der Waals surface area contributed by atoms with Crippen LogP contribution in [0.25, 0.3) is 11.0 Å². The molecule has 5 nitrogen and oxygen atoms in total. The van der Waals surface area contributed by atoms with Gasteiger partial charge >= 0.3 is 0 Å². The first kappa shape index (κ1) is 14.7. The zero-order chi connectivity index (χ0) is 15.9. The first-order valence-corrected chi connectivity index (χ1v) is 7.45. The number of rotatable bonds is 3. The van der Waals surface area contributed by atoms with E-state index in [0.29, 0.717) is 0 Å². The third-order valence-corrected chi connectivity index (χ3v) is 4.28. The van der Waals surface area contributed by atoms with Crippen molar-refractivity contribution in [1.29, 1.82) is 0 Å². The molecule has 0 radical (unpaired) electrons. The van der Waals surface area contributed by atoms with Crippen molar-refractivity contribution in [2.24, 2.45) is 7.05 Å². The van der Waals surface area contributed by atoms with Crippen molar-refractivity contribution in [3.63, 3.8) is 0 Å². The van der Waals surface area contributed by atoms with E-state index in [1.807, 2.05) is 39.1 Å². The van der Waals surface area contributed by atoms with Crippen molar-refractivity contribution in [1.82, 2.24) is 20.0 Å². The van der Waals surface area contributed by atoms with Crippen LogP contribution in [0.15, 0.2) is 24.4 Å². The van der Waals surface area contributed by atoms with Gasteiger partial charge in [-0.15, -0.1) is 5.10 Å². The number of aryl methyl sites for hydroxylation is 4. The van der Waals surface area contributed by atoms with Gasteiger partial charge in [-0.25, -0.2) is 4.68 Å². The molecule has 0 spiro atoms. The summed E-state index contributed by atoms with van der Waals surface area (Å²) in [4.78, 5) is 4.40. The molecule has 0 aliphatic heterocycles. The second kappa shape index (κ2) is 5.50. The molecule has 114 valence electrons. The number of nitrogens with zero attached hydrogens (tertiary/aromatic N) is 4. The zero-order valence-electron chi connectivity index (χ0n) is 13.3. The Morgan fingerprint density at radius 3 is 2.77 bits per heavy atom. The lowest BCUT2D eigenvalue weighted by Gasteiger charge is -2.15. The summed E-state index contributed by atoms with van der Waals surface area (Å²) in [5.41, 5.74) is 6.58. The maximum absolute atomic E-state index is 10.8. The third-order valence-electron chi connectivity index (χ3n) is 4.28. The molecule has 2 aromatic heterocycles. The predicted molar refractivity (Wildman–Crippen MR) is 85.7 cm³/mol. The number of pyridine rings is 1. The number of aliphatic hydroxyl groups excluding tert-OH is 1. The van der Waals surface area contributed by atoms with Crippen LogP contribution < -0.4 is 0 Å². The first-order valence-electron chi connectivity index (χ1n) is 7.45. The summed E-state index contributed by atoms with van der Waals surface area (Å²) in [6.45, 7) is 6.06. The Labute approximate surface area is 129 Å². The Morgan fingerprint density at radius 1 is 1.27 bits per heavy atom. The molecule has 0 bridgehead atoms. The standard InChI is InChI=1S/C17H20N4O/c1-5-12-8-13(9-18-11(12)3)17(22)14-6-7-15-16(10(14)2)19-20-21(15)4/h6-9,17,22H,5H2,1-4H3. The van der Waals surface area contributed by atoms with Gasteiger partial charge in [0.2, 0.25) is 0 Å². The summed E-state index contributed by atoms with van der Waals surface area (Å²) in [5, 5.41) is 19.0. The molecule has 0 saturated heterocycles. The molecule has 3 rings (SSSR count). The second-order valence-electron chi connectivity index (χ2n) is 5.63. The van der Waals surface area contributed by atoms with Crippen molar-refractivity contribution in [2.45, 2.75) is 33.3 Å². The van der Waals surface area contributed by atoms with E-state index in [2.05, 4.69) is 22.2 Å². The van der Waals surface area contributed by atoms with Crippen molar-refractivity contribution < 1.29 is 5.11 Å². The van der Waals surface area contributed by atoms with E-state index < -0.39 is 6.10 Å². The lowest BCUT2D eigenvalue weighted by Crippen LogP contribution is -2.05. The summed E-state index contributed by atoms with van der Waals surface area (Å²) < 4.78 is 1.74. The molecule has 3 aromatic rings. The fourth-order valence-corrected chi connectivity index (χ4v) is 2.83. The molecule has 0 saturated carbocycles. The van der Waals surface area contributed by atoms with Gasteiger partial charge in [-0.3, -0.25) is 4.98 Å². The Morgan fingerprint density at radius 2 is 2.05 bits per heavy atom. The van der Waals surface area contributed by atoms with Gasteiger partial charge in [-0.1, -0.05) is 18.2 Å². The van der Waals surface area contributed by atoms with Gasteiger partial charge in [0.1, 0.15) is 11.6 Å². The minimum absolute atomic E-state index is 0.704. The van der Waals surface area contributed by atoms with E-state index in [1.54, 1.807) is 10.9 Å². The highest BCUT2D eigenvalue weighted by Crippen LogP contribution is 2.29. The van der Waals surface area contributed by atoms with Crippen LogP contribution in [0.4, 0.5) is 0 Å². The number of aromatic nitrogens is 4. The quantitative estimate of drug-likeness (QED) is 0.807. The minimum atomic E-state index is -0.704. The maximum atomic E-state index is 10.8. The molecular formula is C17H20N4O. The van der Waals surface area contributed by atoms with Crippen LogP contribution in [0.3, 0.4) is 0 Å². The fraction of sp³-hybridized carbons (Fsp3) is 0.353. The van der Waals surface area contributed by atoms with E-state index in [4.69, 9.17) is 0 Å². The number of hydrogen-bond donors (Lipinski definition) is 1. The number of fused-ring (bicyclic) bond motifs is 1. The van der Waals surface area contributed by atoms with Crippen LogP contribution in [0, 0.1) is 13.8 Å². The molecule has 0 fully saturated rings. The third kappa shape index (κ3) is 2.27. The van der Waals surface area contributed by atoms with Crippen LogP contribution in [0.2, 0.25) is 0 Å². The molecule has 22 heavy (non-hydrogen) atoms. The van der Waals surface area contributed by atoms with E-state index in [0.717, 1.165) is 45.4 Å². The van der Waals surface area contributed by atoms with Crippen molar-refractivity contribution in [2.75, 3.05) is 0 Å². The first-order chi connectivity index (χ1) is 10.5. The van der Waals surface area contributed by atoms with Gasteiger partial charge in [-0.2, -0.15) is 0 Å². The van der Waals surface area contributed by atoms with Crippen molar-refractivity contribution in [3.05, 3.63) is 52.3 Å². The molecule has 1 aromatic carbocycles. The average molecular weight is 296 g/mol. The van der Waals surface area contributed by atoms with E-state index >= 15 is 0 Å². The SMILES string of the molecule is CCc1cc(C(O)c2ccc3c(nnn3C)c2C)cnc1C. The highest BCUT2D eigenvalue weighted by atomic mass is 16.3. The van der Waals surface area contributed by atoms with E-state index in [1.165, 1.54) is 0 Å². The Hall–Kier alpha value is -2.27. The fourth-order valence-electron chi connectivity index (χ4n) is 2.83. The molecule has 5 heteroatoms. The number of benzene rings is 1. The summed E-state index contributed by atoms with van der Waals surface area (Å²) in [6.07, 6.45) is 1.95. The van der Waals surface area contributed by atoms with Crippen molar-refractivity contribution >= 4 is 11.0 Å². The molecule has 1 N–H and O–H groups in total. The molecule has 0 aliphatic rings. The van der Waals surface area contributed by atoms with Gasteiger partial charge in [0.15, 0.2) is 0 Å². The van der Waals surface area contributed by atoms with Crippen LogP contribution in [0.1, 0.15) is 41.0 Å². The van der Waals surface area contributed by atoms with Crippen LogP contribution in [-0.2, 0) is 13.5 Å². The normalized spacial score (nSPS) is 12.8. The van der Waals surface area contributed by atoms with Crippen molar-refractivity contribution in [3.8, 4) is 0 Å². The maximum Gasteiger partial charge on any atom is 0.116 e. The summed E-state index contributed by atoms with van der Waals surface area (Å²) in [5.74, 6) is 0. The van der Waals surface area contributed by atoms with Crippen LogP contribution in [0.5, 0.6) is 0 Å². The lowest BCUT2D eigenvalue weighted by molar-refractivity contribution is 0.219. The van der Waals surface area contributed by atoms with Crippen LogP contribution >= 0.6 is 0 Å². The molecular weight excluding hydrogens is 276 g/mol. The monoisotopic (exact) mass is 296 g/mol. The smallest absolute Gasteiger partial charge is 0.116 e. The highest BCUT2D eigenvalue weighted by molar-refractivity contribution is 5.79. The Balaban J connectivity index is 2.08. The molecule has 1 atom stereocenters. The largest absolute Gasteiger partial charge is 0.384 e. The zero-order valence-corrected chi connectivity index (χ0v) is 13.3. The summed E-state index contributed by atoms with van der Waals surface area (Å²) in [6, 6.07) is 5.92. The predicted octanol–water partition coefficient (Wildman–Crippen LogP) is 2.62. The van der Waals surface area contributed by atoms with Gasteiger partial charge in [-0.05, 0) is 49.1 Å². The molecule has 0 amide bonds. The average Bonchev–Trinajstić information content (AvgIpc) is 2.90. The number of aliphatic hydroxyl groups is 1. The van der Waals surface area contributed by atoms with Gasteiger partial charge in [0.25, 0.3) is 0 Å². The minimum Gasteiger partial charge on any atom is -0.384 e.